The van der Waals surface area contributed by atoms with E-state index in [0.29, 0.717) is 12.2 Å². The van der Waals surface area contributed by atoms with E-state index in [2.05, 4.69) is 22.0 Å². The molecule has 0 saturated heterocycles. The first-order chi connectivity index (χ1) is 9.15. The normalized spacial score (nSPS) is 10.9. The number of ketones is 1. The second kappa shape index (κ2) is 5.77. The average Bonchev–Trinajstić information content (AvgIpc) is 2.98. The minimum atomic E-state index is -0.0107. The standard InChI is InChI=1S/C13H19N5O/c1-4-6-18-13(14-9-15-18)8-17-7-11(10(3)19)16-12(17)5-2/h7,9H,4-6,8H2,1-3H3. The first-order valence-corrected chi connectivity index (χ1v) is 6.59. The van der Waals surface area contributed by atoms with E-state index in [1.807, 2.05) is 16.2 Å². The van der Waals surface area contributed by atoms with Crippen molar-refractivity contribution in [1.82, 2.24) is 24.3 Å². The van der Waals surface area contributed by atoms with E-state index in [4.69, 9.17) is 0 Å². The van der Waals surface area contributed by atoms with Crippen LogP contribution < -0.4 is 0 Å². The van der Waals surface area contributed by atoms with E-state index in [9.17, 15) is 4.79 Å². The molecule has 2 aromatic heterocycles. The zero-order valence-electron chi connectivity index (χ0n) is 11.6. The van der Waals surface area contributed by atoms with Gasteiger partial charge in [-0.05, 0) is 6.42 Å². The van der Waals surface area contributed by atoms with Crippen LogP contribution >= 0.6 is 0 Å². The molecule has 0 radical (unpaired) electrons. The quantitative estimate of drug-likeness (QED) is 0.742. The van der Waals surface area contributed by atoms with Gasteiger partial charge in [-0.15, -0.1) is 0 Å². The van der Waals surface area contributed by atoms with Gasteiger partial charge in [0.1, 0.15) is 23.7 Å². The Morgan fingerprint density at radius 3 is 2.74 bits per heavy atom. The van der Waals surface area contributed by atoms with Crippen LogP contribution in [0.3, 0.4) is 0 Å². The molecule has 0 aliphatic rings. The van der Waals surface area contributed by atoms with Crippen LogP contribution in [0.4, 0.5) is 0 Å². The maximum absolute atomic E-state index is 11.4. The van der Waals surface area contributed by atoms with E-state index < -0.39 is 0 Å². The number of hydrogen-bond donors (Lipinski definition) is 0. The van der Waals surface area contributed by atoms with Crippen LogP contribution in [0.15, 0.2) is 12.5 Å². The van der Waals surface area contributed by atoms with E-state index in [-0.39, 0.29) is 5.78 Å². The lowest BCUT2D eigenvalue weighted by atomic mass is 10.3. The van der Waals surface area contributed by atoms with E-state index in [0.717, 1.165) is 31.0 Å². The van der Waals surface area contributed by atoms with Gasteiger partial charge < -0.3 is 4.57 Å². The molecule has 2 heterocycles. The van der Waals surface area contributed by atoms with Crippen molar-refractivity contribution < 1.29 is 4.79 Å². The minimum Gasteiger partial charge on any atom is -0.327 e. The maximum atomic E-state index is 11.4. The Morgan fingerprint density at radius 1 is 1.32 bits per heavy atom. The third kappa shape index (κ3) is 2.89. The van der Waals surface area contributed by atoms with Gasteiger partial charge in [0.05, 0.1) is 6.54 Å². The second-order valence-electron chi connectivity index (χ2n) is 4.48. The number of aryl methyl sites for hydroxylation is 2. The van der Waals surface area contributed by atoms with Gasteiger partial charge in [0.15, 0.2) is 5.78 Å². The molecule has 6 heteroatoms. The van der Waals surface area contributed by atoms with Gasteiger partial charge in [-0.1, -0.05) is 13.8 Å². The lowest BCUT2D eigenvalue weighted by Gasteiger charge is -2.07. The molecule has 102 valence electrons. The summed E-state index contributed by atoms with van der Waals surface area (Å²) in [5.74, 6) is 1.78. The highest BCUT2D eigenvalue weighted by Gasteiger charge is 2.12. The van der Waals surface area contributed by atoms with Crippen molar-refractivity contribution in [3.8, 4) is 0 Å². The Kier molecular flexibility index (Phi) is 4.09. The largest absolute Gasteiger partial charge is 0.327 e. The third-order valence-corrected chi connectivity index (χ3v) is 2.98. The van der Waals surface area contributed by atoms with Gasteiger partial charge in [-0.3, -0.25) is 4.79 Å². The molecule has 19 heavy (non-hydrogen) atoms. The first kappa shape index (κ1) is 13.5. The molecule has 2 aromatic rings. The molecule has 0 amide bonds. The number of rotatable bonds is 6. The molecular formula is C13H19N5O. The lowest BCUT2D eigenvalue weighted by Crippen LogP contribution is -2.11. The van der Waals surface area contributed by atoms with Gasteiger partial charge in [0, 0.05) is 26.1 Å². The number of imidazole rings is 1. The number of hydrogen-bond acceptors (Lipinski definition) is 4. The molecule has 0 aliphatic heterocycles. The second-order valence-corrected chi connectivity index (χ2v) is 4.48. The summed E-state index contributed by atoms with van der Waals surface area (Å²) < 4.78 is 3.87. The SMILES string of the molecule is CCCn1ncnc1Cn1cc(C(C)=O)nc1CC. The van der Waals surface area contributed by atoms with E-state index in [1.54, 1.807) is 12.5 Å². The molecule has 0 atom stereocenters. The first-order valence-electron chi connectivity index (χ1n) is 6.59. The average molecular weight is 261 g/mol. The van der Waals surface area contributed by atoms with Crippen molar-refractivity contribution in [3.63, 3.8) is 0 Å². The summed E-state index contributed by atoms with van der Waals surface area (Å²) in [7, 11) is 0. The summed E-state index contributed by atoms with van der Waals surface area (Å²) in [5, 5.41) is 4.20. The van der Waals surface area contributed by atoms with Crippen molar-refractivity contribution in [3.05, 3.63) is 29.9 Å². The van der Waals surface area contributed by atoms with Gasteiger partial charge >= 0.3 is 0 Å². The Balaban J connectivity index is 2.26. The summed E-state index contributed by atoms with van der Waals surface area (Å²) in [5.41, 5.74) is 0.512. The third-order valence-electron chi connectivity index (χ3n) is 2.98. The van der Waals surface area contributed by atoms with Crippen LogP contribution in [0.1, 0.15) is 49.3 Å². The molecule has 0 spiro atoms. The van der Waals surface area contributed by atoms with Gasteiger partial charge in [-0.2, -0.15) is 5.10 Å². The predicted molar refractivity (Wildman–Crippen MR) is 71.0 cm³/mol. The fourth-order valence-electron chi connectivity index (χ4n) is 2.00. The Labute approximate surface area is 112 Å². The van der Waals surface area contributed by atoms with Crippen LogP contribution in [-0.2, 0) is 19.5 Å². The Hall–Kier alpha value is -1.98. The highest BCUT2D eigenvalue weighted by molar-refractivity contribution is 5.91. The van der Waals surface area contributed by atoms with Crippen LogP contribution in [0.2, 0.25) is 0 Å². The molecule has 0 fully saturated rings. The number of aromatic nitrogens is 5. The molecule has 2 rings (SSSR count). The van der Waals surface area contributed by atoms with Crippen molar-refractivity contribution >= 4 is 5.78 Å². The summed E-state index contributed by atoms with van der Waals surface area (Å²) in [6.07, 6.45) is 5.17. The molecule has 0 N–H and O–H groups in total. The van der Waals surface area contributed by atoms with Crippen LogP contribution in [-0.4, -0.2) is 30.1 Å². The van der Waals surface area contributed by atoms with Crippen molar-refractivity contribution in [2.24, 2.45) is 0 Å². The lowest BCUT2D eigenvalue weighted by molar-refractivity contribution is 0.101. The smallest absolute Gasteiger partial charge is 0.179 e. The van der Waals surface area contributed by atoms with E-state index >= 15 is 0 Å². The number of Topliss-reactive ketones (excluding diaryl/α,β-unsaturated/α-hetero) is 1. The molecule has 6 nitrogen and oxygen atoms in total. The van der Waals surface area contributed by atoms with Crippen molar-refractivity contribution in [1.29, 1.82) is 0 Å². The van der Waals surface area contributed by atoms with Crippen LogP contribution in [0.5, 0.6) is 0 Å². The fourth-order valence-corrected chi connectivity index (χ4v) is 2.00. The van der Waals surface area contributed by atoms with Crippen molar-refractivity contribution in [2.45, 2.75) is 46.7 Å². The topological polar surface area (TPSA) is 65.6 Å². The van der Waals surface area contributed by atoms with E-state index in [1.165, 1.54) is 6.92 Å². The summed E-state index contributed by atoms with van der Waals surface area (Å²) in [6, 6.07) is 0. The number of carbonyl (C=O) groups is 1. The Morgan fingerprint density at radius 2 is 2.11 bits per heavy atom. The maximum Gasteiger partial charge on any atom is 0.179 e. The molecule has 0 aliphatic carbocycles. The van der Waals surface area contributed by atoms with Crippen LogP contribution in [0, 0.1) is 0 Å². The molecule has 0 unspecified atom stereocenters. The number of carbonyl (C=O) groups excluding carboxylic acids is 1. The monoisotopic (exact) mass is 261 g/mol. The summed E-state index contributed by atoms with van der Waals surface area (Å²) >= 11 is 0. The Bertz CT molecular complexity index is 569. The van der Waals surface area contributed by atoms with Gasteiger partial charge in [0.2, 0.25) is 0 Å². The van der Waals surface area contributed by atoms with Crippen molar-refractivity contribution in [2.75, 3.05) is 0 Å². The van der Waals surface area contributed by atoms with Gasteiger partial charge in [-0.25, -0.2) is 14.6 Å². The predicted octanol–water partition coefficient (Wildman–Crippen LogP) is 1.70. The summed E-state index contributed by atoms with van der Waals surface area (Å²) in [6.45, 7) is 7.12. The highest BCUT2D eigenvalue weighted by Crippen LogP contribution is 2.08. The van der Waals surface area contributed by atoms with Gasteiger partial charge in [0.25, 0.3) is 0 Å². The van der Waals surface area contributed by atoms with Crippen LogP contribution in [0.25, 0.3) is 0 Å². The minimum absolute atomic E-state index is 0.0107. The molecular weight excluding hydrogens is 242 g/mol. The molecule has 0 bridgehead atoms. The number of nitrogens with zero attached hydrogens (tertiary/aromatic N) is 5. The fraction of sp³-hybridized carbons (Fsp3) is 0.538. The highest BCUT2D eigenvalue weighted by atomic mass is 16.1. The zero-order chi connectivity index (χ0) is 13.8. The molecule has 0 saturated carbocycles. The molecule has 0 aromatic carbocycles. The zero-order valence-corrected chi connectivity index (χ0v) is 11.6. The summed E-state index contributed by atoms with van der Waals surface area (Å²) in [4.78, 5) is 20.0.